The van der Waals surface area contributed by atoms with Crippen LogP contribution in [-0.4, -0.2) is 29.6 Å². The van der Waals surface area contributed by atoms with Crippen LogP contribution in [0.5, 0.6) is 0 Å². The Kier molecular flexibility index (Phi) is 5.24. The third-order valence-electron chi connectivity index (χ3n) is 0.737. The normalized spacial score (nSPS) is 10.3. The lowest BCUT2D eigenvalue weighted by atomic mass is 10.8. The van der Waals surface area contributed by atoms with Crippen LogP contribution in [0, 0.1) is 0 Å². The van der Waals surface area contributed by atoms with Crippen LogP contribution in [0.4, 0.5) is 4.79 Å². The Morgan fingerprint density at radius 2 is 2.44 bits per heavy atom. The minimum absolute atomic E-state index is 0.398. The van der Waals surface area contributed by atoms with Gasteiger partial charge in [-0.3, -0.25) is 0 Å². The molecule has 0 radical (unpaired) electrons. The number of amides is 1. The standard InChI is InChI=1S/C4H11NO3Si/c1-7-9-3-2-8-4(5)6/h2-3,9H2,1H3,(H2,5,6). The van der Waals surface area contributed by atoms with Crippen LogP contribution in [0.2, 0.25) is 6.04 Å². The summed E-state index contributed by atoms with van der Waals surface area (Å²) in [5.41, 5.74) is 4.69. The van der Waals surface area contributed by atoms with Crippen LogP contribution in [0.1, 0.15) is 0 Å². The van der Waals surface area contributed by atoms with Crippen molar-refractivity contribution in [2.45, 2.75) is 6.04 Å². The molecule has 0 unspecified atom stereocenters. The van der Waals surface area contributed by atoms with Gasteiger partial charge in [-0.15, -0.1) is 0 Å². The SMILES string of the molecule is CO[SiH2]CCOC(N)=O. The van der Waals surface area contributed by atoms with Crippen LogP contribution in [0.3, 0.4) is 0 Å². The predicted molar refractivity (Wildman–Crippen MR) is 35.9 cm³/mol. The number of rotatable bonds is 4. The maximum absolute atomic E-state index is 9.94. The van der Waals surface area contributed by atoms with E-state index in [0.717, 1.165) is 6.04 Å². The molecule has 0 saturated heterocycles. The largest absolute Gasteiger partial charge is 0.450 e. The zero-order chi connectivity index (χ0) is 7.11. The summed E-state index contributed by atoms with van der Waals surface area (Å²) in [4.78, 5) is 9.94. The molecular formula is C4H11NO3Si. The molecular weight excluding hydrogens is 138 g/mol. The van der Waals surface area contributed by atoms with Crippen LogP contribution in [0.25, 0.3) is 0 Å². The molecule has 1 amide bonds. The van der Waals surface area contributed by atoms with Gasteiger partial charge in [0.05, 0.1) is 6.61 Å². The Morgan fingerprint density at radius 3 is 2.89 bits per heavy atom. The van der Waals surface area contributed by atoms with E-state index >= 15 is 0 Å². The van der Waals surface area contributed by atoms with E-state index in [1.54, 1.807) is 7.11 Å². The number of hydrogen-bond acceptors (Lipinski definition) is 3. The van der Waals surface area contributed by atoms with Gasteiger partial charge < -0.3 is 14.9 Å². The van der Waals surface area contributed by atoms with Gasteiger partial charge in [0.2, 0.25) is 0 Å². The topological polar surface area (TPSA) is 61.6 Å². The lowest BCUT2D eigenvalue weighted by Gasteiger charge is -1.97. The summed E-state index contributed by atoms with van der Waals surface area (Å²) < 4.78 is 9.27. The summed E-state index contributed by atoms with van der Waals surface area (Å²) in [5, 5.41) is 0. The predicted octanol–water partition coefficient (Wildman–Crippen LogP) is -0.770. The van der Waals surface area contributed by atoms with Crippen molar-refractivity contribution in [1.82, 2.24) is 0 Å². The van der Waals surface area contributed by atoms with Crippen molar-refractivity contribution >= 4 is 15.9 Å². The molecule has 5 heteroatoms. The van der Waals surface area contributed by atoms with E-state index in [1.807, 2.05) is 0 Å². The molecule has 0 rings (SSSR count). The highest BCUT2D eigenvalue weighted by Crippen LogP contribution is 1.81. The van der Waals surface area contributed by atoms with Gasteiger partial charge in [0, 0.05) is 7.11 Å². The molecule has 9 heavy (non-hydrogen) atoms. The van der Waals surface area contributed by atoms with E-state index in [4.69, 9.17) is 4.43 Å². The third kappa shape index (κ3) is 7.45. The van der Waals surface area contributed by atoms with Crippen molar-refractivity contribution in [2.75, 3.05) is 13.7 Å². The fraction of sp³-hybridized carbons (Fsp3) is 0.750. The van der Waals surface area contributed by atoms with Crippen molar-refractivity contribution in [1.29, 1.82) is 0 Å². The number of carbonyl (C=O) groups excluding carboxylic acids is 1. The van der Waals surface area contributed by atoms with Crippen molar-refractivity contribution in [3.05, 3.63) is 0 Å². The Morgan fingerprint density at radius 1 is 1.78 bits per heavy atom. The van der Waals surface area contributed by atoms with Gasteiger partial charge in [-0.2, -0.15) is 0 Å². The van der Waals surface area contributed by atoms with Gasteiger partial charge in [0.15, 0.2) is 9.76 Å². The second-order valence-corrected chi connectivity index (χ2v) is 3.21. The number of ether oxygens (including phenoxy) is 1. The van der Waals surface area contributed by atoms with E-state index < -0.39 is 15.9 Å². The molecule has 0 aliphatic carbocycles. The van der Waals surface area contributed by atoms with Crippen molar-refractivity contribution < 1.29 is 14.0 Å². The fourth-order valence-electron chi connectivity index (χ4n) is 0.376. The first-order valence-electron chi connectivity index (χ1n) is 2.68. The van der Waals surface area contributed by atoms with Gasteiger partial charge in [0.25, 0.3) is 0 Å². The Bertz CT molecular complexity index is 87.9. The fourth-order valence-corrected chi connectivity index (χ4v) is 0.927. The second-order valence-electron chi connectivity index (χ2n) is 1.51. The van der Waals surface area contributed by atoms with Crippen molar-refractivity contribution in [2.24, 2.45) is 5.73 Å². The average Bonchev–Trinajstić information content (AvgIpc) is 1.80. The molecule has 54 valence electrons. The molecule has 0 atom stereocenters. The smallest absolute Gasteiger partial charge is 0.404 e. The van der Waals surface area contributed by atoms with E-state index in [9.17, 15) is 4.79 Å². The van der Waals surface area contributed by atoms with Crippen molar-refractivity contribution in [3.8, 4) is 0 Å². The summed E-state index contributed by atoms with van der Waals surface area (Å²) in [7, 11) is 1.20. The first-order valence-corrected chi connectivity index (χ1v) is 4.26. The summed E-state index contributed by atoms with van der Waals surface area (Å²) in [5.74, 6) is 0. The molecule has 0 fully saturated rings. The van der Waals surface area contributed by atoms with Crippen molar-refractivity contribution in [3.63, 3.8) is 0 Å². The molecule has 0 aliphatic rings. The van der Waals surface area contributed by atoms with Crippen LogP contribution in [-0.2, 0) is 9.16 Å². The molecule has 2 N–H and O–H groups in total. The highest BCUT2D eigenvalue weighted by molar-refractivity contribution is 6.27. The molecule has 0 bridgehead atoms. The van der Waals surface area contributed by atoms with Gasteiger partial charge >= 0.3 is 6.09 Å². The number of carbonyl (C=O) groups is 1. The molecule has 0 aliphatic heterocycles. The minimum Gasteiger partial charge on any atom is -0.450 e. The first-order chi connectivity index (χ1) is 4.27. The summed E-state index contributed by atoms with van der Waals surface area (Å²) in [6.45, 7) is 0.398. The molecule has 0 aromatic carbocycles. The molecule has 4 nitrogen and oxygen atoms in total. The zero-order valence-electron chi connectivity index (χ0n) is 5.42. The van der Waals surface area contributed by atoms with Gasteiger partial charge in [0.1, 0.15) is 0 Å². The third-order valence-corrected chi connectivity index (χ3v) is 1.72. The molecule has 0 aromatic heterocycles. The highest BCUT2D eigenvalue weighted by atomic mass is 28.2. The highest BCUT2D eigenvalue weighted by Gasteiger charge is 1.91. The van der Waals surface area contributed by atoms with Gasteiger partial charge in [-0.1, -0.05) is 0 Å². The van der Waals surface area contributed by atoms with E-state index in [2.05, 4.69) is 10.5 Å². The molecule has 0 heterocycles. The zero-order valence-corrected chi connectivity index (χ0v) is 6.84. The number of hydrogen-bond donors (Lipinski definition) is 1. The average molecular weight is 149 g/mol. The van der Waals surface area contributed by atoms with Crippen LogP contribution in [0.15, 0.2) is 0 Å². The number of nitrogens with two attached hydrogens (primary N) is 1. The van der Waals surface area contributed by atoms with E-state index in [-0.39, 0.29) is 0 Å². The second kappa shape index (κ2) is 5.58. The van der Waals surface area contributed by atoms with E-state index in [1.165, 1.54) is 0 Å². The number of primary amides is 1. The Labute approximate surface area is 56.3 Å². The van der Waals surface area contributed by atoms with Gasteiger partial charge in [-0.25, -0.2) is 4.79 Å². The van der Waals surface area contributed by atoms with Gasteiger partial charge in [-0.05, 0) is 6.04 Å². The monoisotopic (exact) mass is 149 g/mol. The quantitative estimate of drug-likeness (QED) is 0.422. The first kappa shape index (κ1) is 8.45. The lowest BCUT2D eigenvalue weighted by molar-refractivity contribution is 0.162. The van der Waals surface area contributed by atoms with Crippen LogP contribution < -0.4 is 5.73 Å². The molecule has 0 aromatic rings. The maximum Gasteiger partial charge on any atom is 0.404 e. The lowest BCUT2D eigenvalue weighted by Crippen LogP contribution is -2.14. The summed E-state index contributed by atoms with van der Waals surface area (Å²) >= 11 is 0. The minimum atomic E-state index is -0.708. The van der Waals surface area contributed by atoms with E-state index in [0.29, 0.717) is 6.61 Å². The Balaban J connectivity index is 2.83. The molecule has 0 spiro atoms. The van der Waals surface area contributed by atoms with Crippen LogP contribution >= 0.6 is 0 Å². The Hall–Kier alpha value is -0.553. The molecule has 0 saturated carbocycles. The summed E-state index contributed by atoms with van der Waals surface area (Å²) in [6.07, 6.45) is -0.708. The maximum atomic E-state index is 9.94. The summed E-state index contributed by atoms with van der Waals surface area (Å²) in [6, 6.07) is 0.833.